The number of amides is 1. The van der Waals surface area contributed by atoms with Crippen LogP contribution in [0.2, 0.25) is 5.02 Å². The lowest BCUT2D eigenvalue weighted by atomic mass is 9.91. The lowest BCUT2D eigenvalue weighted by molar-refractivity contribution is 0.0916. The van der Waals surface area contributed by atoms with Crippen molar-refractivity contribution in [1.82, 2.24) is 24.9 Å². The van der Waals surface area contributed by atoms with Crippen LogP contribution >= 0.6 is 11.6 Å². The highest BCUT2D eigenvalue weighted by atomic mass is 35.5. The van der Waals surface area contributed by atoms with Gasteiger partial charge in [0.05, 0.1) is 17.3 Å². The van der Waals surface area contributed by atoms with Gasteiger partial charge in [-0.3, -0.25) is 14.2 Å². The zero-order valence-corrected chi connectivity index (χ0v) is 13.5. The highest BCUT2D eigenvalue weighted by molar-refractivity contribution is 6.33. The van der Waals surface area contributed by atoms with Gasteiger partial charge in [0, 0.05) is 25.5 Å². The van der Waals surface area contributed by atoms with E-state index in [2.05, 4.69) is 21.7 Å². The van der Waals surface area contributed by atoms with Crippen LogP contribution in [0.25, 0.3) is 0 Å². The Morgan fingerprint density at radius 1 is 1.32 bits per heavy atom. The predicted octanol–water partition coefficient (Wildman–Crippen LogP) is 2.49. The van der Waals surface area contributed by atoms with Crippen molar-refractivity contribution in [2.45, 2.75) is 44.7 Å². The SMILES string of the molecule is Cc1cnn(C2CCC(NC(=O)c3nn(C)cc3Cl)CC2)c1. The van der Waals surface area contributed by atoms with Crippen molar-refractivity contribution in [3.05, 3.63) is 34.9 Å². The summed E-state index contributed by atoms with van der Waals surface area (Å²) in [7, 11) is 1.75. The third-order valence-corrected chi connectivity index (χ3v) is 4.41. The number of hydrogen-bond acceptors (Lipinski definition) is 3. The van der Waals surface area contributed by atoms with E-state index in [1.165, 1.54) is 5.56 Å². The van der Waals surface area contributed by atoms with Crippen LogP contribution < -0.4 is 5.32 Å². The van der Waals surface area contributed by atoms with Crippen molar-refractivity contribution in [1.29, 1.82) is 0 Å². The molecule has 118 valence electrons. The number of nitrogens with one attached hydrogen (secondary N) is 1. The summed E-state index contributed by atoms with van der Waals surface area (Å²) in [5.74, 6) is -0.191. The van der Waals surface area contributed by atoms with Gasteiger partial charge in [-0.1, -0.05) is 11.6 Å². The molecule has 1 aliphatic carbocycles. The van der Waals surface area contributed by atoms with Crippen molar-refractivity contribution < 1.29 is 4.79 Å². The van der Waals surface area contributed by atoms with Gasteiger partial charge in [0.2, 0.25) is 0 Å². The molecule has 7 heteroatoms. The standard InChI is InChI=1S/C15H20ClN5O/c1-10-7-17-21(8-10)12-5-3-11(4-6-12)18-15(22)14-13(16)9-20(2)19-14/h7-9,11-12H,3-6H2,1-2H3,(H,18,22). The van der Waals surface area contributed by atoms with Crippen molar-refractivity contribution in [2.24, 2.45) is 7.05 Å². The number of aromatic nitrogens is 4. The van der Waals surface area contributed by atoms with E-state index in [4.69, 9.17) is 11.6 Å². The third kappa shape index (κ3) is 3.16. The highest BCUT2D eigenvalue weighted by Crippen LogP contribution is 2.28. The Labute approximate surface area is 134 Å². The smallest absolute Gasteiger partial charge is 0.273 e. The number of carbonyl (C=O) groups is 1. The van der Waals surface area contributed by atoms with E-state index in [1.807, 2.05) is 17.8 Å². The second-order valence-electron chi connectivity index (χ2n) is 5.98. The Morgan fingerprint density at radius 2 is 2.05 bits per heavy atom. The normalized spacial score (nSPS) is 21.8. The van der Waals surface area contributed by atoms with E-state index in [-0.39, 0.29) is 11.9 Å². The molecule has 2 aromatic rings. The van der Waals surface area contributed by atoms with E-state index in [9.17, 15) is 4.79 Å². The van der Waals surface area contributed by atoms with Gasteiger partial charge in [-0.15, -0.1) is 0 Å². The van der Waals surface area contributed by atoms with E-state index in [0.29, 0.717) is 16.8 Å². The minimum atomic E-state index is -0.191. The minimum absolute atomic E-state index is 0.179. The number of carbonyl (C=O) groups excluding carboxylic acids is 1. The monoisotopic (exact) mass is 321 g/mol. The first-order valence-corrected chi connectivity index (χ1v) is 7.91. The van der Waals surface area contributed by atoms with Crippen LogP contribution in [-0.4, -0.2) is 31.5 Å². The van der Waals surface area contributed by atoms with Gasteiger partial charge in [0.15, 0.2) is 5.69 Å². The van der Waals surface area contributed by atoms with Crippen LogP contribution in [0.15, 0.2) is 18.6 Å². The average molecular weight is 322 g/mol. The van der Waals surface area contributed by atoms with Gasteiger partial charge in [-0.2, -0.15) is 10.2 Å². The molecule has 0 spiro atoms. The molecule has 1 amide bonds. The molecule has 1 aliphatic rings. The van der Waals surface area contributed by atoms with Gasteiger partial charge in [0.25, 0.3) is 5.91 Å². The molecule has 2 heterocycles. The summed E-state index contributed by atoms with van der Waals surface area (Å²) in [5, 5.41) is 11.9. The van der Waals surface area contributed by atoms with Crippen LogP contribution in [0.3, 0.4) is 0 Å². The largest absolute Gasteiger partial charge is 0.348 e. The summed E-state index contributed by atoms with van der Waals surface area (Å²) >= 11 is 6.01. The molecular formula is C15H20ClN5O. The molecule has 22 heavy (non-hydrogen) atoms. The van der Waals surface area contributed by atoms with Crippen molar-refractivity contribution in [3.8, 4) is 0 Å². The molecule has 0 aliphatic heterocycles. The molecule has 0 unspecified atom stereocenters. The van der Waals surface area contributed by atoms with E-state index in [1.54, 1.807) is 17.9 Å². The number of rotatable bonds is 3. The summed E-state index contributed by atoms with van der Waals surface area (Å²) < 4.78 is 3.59. The Kier molecular flexibility index (Phi) is 4.20. The number of hydrogen-bond donors (Lipinski definition) is 1. The second kappa shape index (κ2) is 6.12. The molecule has 3 rings (SSSR count). The Bertz CT molecular complexity index is 669. The maximum Gasteiger partial charge on any atom is 0.273 e. The minimum Gasteiger partial charge on any atom is -0.348 e. The molecular weight excluding hydrogens is 302 g/mol. The van der Waals surface area contributed by atoms with E-state index < -0.39 is 0 Å². The Balaban J connectivity index is 1.55. The van der Waals surface area contributed by atoms with Gasteiger partial charge < -0.3 is 5.32 Å². The fourth-order valence-corrected chi connectivity index (χ4v) is 3.25. The Hall–Kier alpha value is -1.82. The van der Waals surface area contributed by atoms with Gasteiger partial charge in [0.1, 0.15) is 0 Å². The maximum absolute atomic E-state index is 12.2. The maximum atomic E-state index is 12.2. The lowest BCUT2D eigenvalue weighted by Gasteiger charge is -2.29. The molecule has 0 aromatic carbocycles. The van der Waals surface area contributed by atoms with Crippen molar-refractivity contribution in [3.63, 3.8) is 0 Å². The summed E-state index contributed by atoms with van der Waals surface area (Å²) in [6.45, 7) is 2.05. The molecule has 2 aromatic heterocycles. The summed E-state index contributed by atoms with van der Waals surface area (Å²) in [6, 6.07) is 0.610. The zero-order chi connectivity index (χ0) is 15.7. The Morgan fingerprint density at radius 3 is 2.59 bits per heavy atom. The number of nitrogens with zero attached hydrogens (tertiary/aromatic N) is 4. The first-order chi connectivity index (χ1) is 10.5. The molecule has 0 radical (unpaired) electrons. The average Bonchev–Trinajstić information content (AvgIpc) is 3.05. The van der Waals surface area contributed by atoms with Gasteiger partial charge in [-0.25, -0.2) is 0 Å². The van der Waals surface area contributed by atoms with Gasteiger partial charge in [-0.05, 0) is 38.2 Å². The molecule has 1 fully saturated rings. The molecule has 0 atom stereocenters. The van der Waals surface area contributed by atoms with Crippen LogP contribution in [0.5, 0.6) is 0 Å². The summed E-state index contributed by atoms with van der Waals surface area (Å²) in [5.41, 5.74) is 1.48. The second-order valence-corrected chi connectivity index (χ2v) is 6.38. The van der Waals surface area contributed by atoms with Gasteiger partial charge >= 0.3 is 0 Å². The zero-order valence-electron chi connectivity index (χ0n) is 12.8. The molecule has 0 saturated heterocycles. The number of aryl methyl sites for hydroxylation is 2. The molecule has 1 saturated carbocycles. The topological polar surface area (TPSA) is 64.7 Å². The van der Waals surface area contributed by atoms with Crippen molar-refractivity contribution in [2.75, 3.05) is 0 Å². The van der Waals surface area contributed by atoms with Crippen LogP contribution in [0.4, 0.5) is 0 Å². The van der Waals surface area contributed by atoms with Crippen LogP contribution in [-0.2, 0) is 7.05 Å². The fraction of sp³-hybridized carbons (Fsp3) is 0.533. The summed E-state index contributed by atoms with van der Waals surface area (Å²) in [4.78, 5) is 12.2. The highest BCUT2D eigenvalue weighted by Gasteiger charge is 2.25. The number of halogens is 1. The van der Waals surface area contributed by atoms with Crippen LogP contribution in [0.1, 0.15) is 47.8 Å². The fourth-order valence-electron chi connectivity index (χ4n) is 2.98. The van der Waals surface area contributed by atoms with E-state index in [0.717, 1.165) is 25.7 Å². The predicted molar refractivity (Wildman–Crippen MR) is 83.9 cm³/mol. The van der Waals surface area contributed by atoms with Crippen molar-refractivity contribution >= 4 is 17.5 Å². The van der Waals surface area contributed by atoms with Crippen LogP contribution in [0, 0.1) is 6.92 Å². The van der Waals surface area contributed by atoms with E-state index >= 15 is 0 Å². The first kappa shape index (κ1) is 15.1. The molecule has 1 N–H and O–H groups in total. The quantitative estimate of drug-likeness (QED) is 0.944. The third-order valence-electron chi connectivity index (χ3n) is 4.14. The molecule has 6 nitrogen and oxygen atoms in total. The summed E-state index contributed by atoms with van der Waals surface area (Å²) in [6.07, 6.45) is 9.52. The lowest BCUT2D eigenvalue weighted by Crippen LogP contribution is -2.38. The first-order valence-electron chi connectivity index (χ1n) is 7.53. The molecule has 0 bridgehead atoms.